The Bertz CT molecular complexity index is 565. The van der Waals surface area contributed by atoms with Crippen LogP contribution in [0, 0.1) is 11.3 Å². The minimum Gasteiger partial charge on any atom is -0.378 e. The Morgan fingerprint density at radius 1 is 1.29 bits per heavy atom. The second-order valence-corrected chi connectivity index (χ2v) is 7.63. The molecule has 0 bridgehead atoms. The summed E-state index contributed by atoms with van der Waals surface area (Å²) in [6.07, 6.45) is 7.68. The fourth-order valence-electron chi connectivity index (χ4n) is 3.84. The van der Waals surface area contributed by atoms with Crippen molar-refractivity contribution in [1.82, 2.24) is 9.88 Å². The van der Waals surface area contributed by atoms with E-state index in [1.165, 1.54) is 12.8 Å². The van der Waals surface area contributed by atoms with Gasteiger partial charge < -0.3 is 14.4 Å². The molecular formula is C19H26N2O3. The smallest absolute Gasteiger partial charge is 0.272 e. The predicted molar refractivity (Wildman–Crippen MR) is 89.7 cm³/mol. The second kappa shape index (κ2) is 6.81. The van der Waals surface area contributed by atoms with Gasteiger partial charge in [-0.25, -0.2) is 0 Å². The van der Waals surface area contributed by atoms with E-state index in [0.29, 0.717) is 5.69 Å². The number of rotatable bonds is 5. The molecule has 4 rings (SSSR count). The third-order valence-electron chi connectivity index (χ3n) is 5.64. The maximum atomic E-state index is 12.5. The normalized spacial score (nSPS) is 26.0. The number of amides is 1. The Hall–Kier alpha value is -1.46. The highest BCUT2D eigenvalue weighted by molar-refractivity contribution is 5.92. The molecule has 5 nitrogen and oxygen atoms in total. The zero-order valence-electron chi connectivity index (χ0n) is 14.2. The summed E-state index contributed by atoms with van der Waals surface area (Å²) in [6, 6.07) is 5.49. The van der Waals surface area contributed by atoms with Gasteiger partial charge in [-0.2, -0.15) is 0 Å². The van der Waals surface area contributed by atoms with E-state index < -0.39 is 0 Å². The Balaban J connectivity index is 1.25. The molecule has 2 aliphatic heterocycles. The predicted octanol–water partition coefficient (Wildman–Crippen LogP) is 2.52. The average Bonchev–Trinajstić information content (AvgIpc) is 3.37. The van der Waals surface area contributed by atoms with Crippen LogP contribution in [0.5, 0.6) is 0 Å². The highest BCUT2D eigenvalue weighted by Crippen LogP contribution is 2.42. The van der Waals surface area contributed by atoms with Crippen LogP contribution in [0.2, 0.25) is 0 Å². The van der Waals surface area contributed by atoms with Crippen LogP contribution in [0.1, 0.15) is 42.6 Å². The Kier molecular flexibility index (Phi) is 4.55. The standard InChI is InChI=1S/C19H26N2O3/c22-18(17-3-1-2-8-20-17)21-9-6-19(7-10-21)11-16(24-14-19)13-23-12-15-4-5-15/h1-3,8,15-16H,4-7,9-14H2/t16-/m0/s1. The van der Waals surface area contributed by atoms with Crippen LogP contribution in [0.3, 0.4) is 0 Å². The summed E-state index contributed by atoms with van der Waals surface area (Å²) in [7, 11) is 0. The van der Waals surface area contributed by atoms with Crippen molar-refractivity contribution in [2.75, 3.05) is 32.9 Å². The molecule has 0 aromatic carbocycles. The van der Waals surface area contributed by atoms with Gasteiger partial charge in [-0.3, -0.25) is 9.78 Å². The SMILES string of the molecule is O=C(c1ccccn1)N1CCC2(CC1)CO[C@H](COCC1CC1)C2. The zero-order chi connectivity index (χ0) is 16.4. The first-order valence-electron chi connectivity index (χ1n) is 9.14. The fourth-order valence-corrected chi connectivity index (χ4v) is 3.84. The van der Waals surface area contributed by atoms with Crippen LogP contribution in [0.25, 0.3) is 0 Å². The van der Waals surface area contributed by atoms with E-state index in [0.717, 1.165) is 58.1 Å². The van der Waals surface area contributed by atoms with Crippen LogP contribution in [-0.4, -0.2) is 54.8 Å². The molecule has 3 heterocycles. The number of carbonyl (C=O) groups is 1. The number of hydrogen-bond acceptors (Lipinski definition) is 4. The van der Waals surface area contributed by atoms with Crippen molar-refractivity contribution in [2.45, 2.75) is 38.2 Å². The van der Waals surface area contributed by atoms with Crippen molar-refractivity contribution < 1.29 is 14.3 Å². The highest BCUT2D eigenvalue weighted by atomic mass is 16.5. The van der Waals surface area contributed by atoms with Crippen LogP contribution in [0.15, 0.2) is 24.4 Å². The monoisotopic (exact) mass is 330 g/mol. The van der Waals surface area contributed by atoms with E-state index in [1.807, 2.05) is 17.0 Å². The quantitative estimate of drug-likeness (QED) is 0.832. The van der Waals surface area contributed by atoms with Gasteiger partial charge in [0.25, 0.3) is 5.91 Å². The van der Waals surface area contributed by atoms with Gasteiger partial charge in [-0.05, 0) is 55.6 Å². The summed E-state index contributed by atoms with van der Waals surface area (Å²) in [4.78, 5) is 18.6. The van der Waals surface area contributed by atoms with E-state index in [2.05, 4.69) is 4.98 Å². The van der Waals surface area contributed by atoms with E-state index in [9.17, 15) is 4.79 Å². The molecule has 130 valence electrons. The third kappa shape index (κ3) is 3.62. The maximum Gasteiger partial charge on any atom is 0.272 e. The third-order valence-corrected chi connectivity index (χ3v) is 5.64. The van der Waals surface area contributed by atoms with E-state index >= 15 is 0 Å². The number of carbonyl (C=O) groups excluding carboxylic acids is 1. The number of likely N-dealkylation sites (tertiary alicyclic amines) is 1. The molecular weight excluding hydrogens is 304 g/mol. The lowest BCUT2D eigenvalue weighted by Gasteiger charge is -2.38. The van der Waals surface area contributed by atoms with Crippen molar-refractivity contribution in [2.24, 2.45) is 11.3 Å². The first-order valence-corrected chi connectivity index (χ1v) is 9.14. The van der Waals surface area contributed by atoms with Crippen molar-refractivity contribution in [3.8, 4) is 0 Å². The lowest BCUT2D eigenvalue weighted by molar-refractivity contribution is 0.00937. The summed E-state index contributed by atoms with van der Waals surface area (Å²) in [6.45, 7) is 4.05. The van der Waals surface area contributed by atoms with Crippen LogP contribution < -0.4 is 0 Å². The topological polar surface area (TPSA) is 51.7 Å². The number of nitrogens with zero attached hydrogens (tertiary/aromatic N) is 2. The van der Waals surface area contributed by atoms with Gasteiger partial charge in [-0.15, -0.1) is 0 Å². The fraction of sp³-hybridized carbons (Fsp3) is 0.684. The molecule has 5 heteroatoms. The first kappa shape index (κ1) is 16.0. The summed E-state index contributed by atoms with van der Waals surface area (Å²) < 4.78 is 11.8. The van der Waals surface area contributed by atoms with Gasteiger partial charge in [0.2, 0.25) is 0 Å². The molecule has 0 unspecified atom stereocenters. The molecule has 0 radical (unpaired) electrons. The summed E-state index contributed by atoms with van der Waals surface area (Å²) in [5.41, 5.74) is 0.789. The Labute approximate surface area is 143 Å². The molecule has 1 aliphatic carbocycles. The Morgan fingerprint density at radius 3 is 2.83 bits per heavy atom. The molecule has 1 amide bonds. The molecule has 1 aromatic heterocycles. The van der Waals surface area contributed by atoms with E-state index in [1.54, 1.807) is 12.3 Å². The van der Waals surface area contributed by atoms with E-state index in [4.69, 9.17) is 9.47 Å². The highest BCUT2D eigenvalue weighted by Gasteiger charge is 2.43. The van der Waals surface area contributed by atoms with Crippen molar-refractivity contribution >= 4 is 5.91 Å². The lowest BCUT2D eigenvalue weighted by Crippen LogP contribution is -2.43. The first-order chi connectivity index (χ1) is 11.7. The van der Waals surface area contributed by atoms with Crippen LogP contribution in [0.4, 0.5) is 0 Å². The number of piperidine rings is 1. The minimum absolute atomic E-state index is 0.0497. The summed E-state index contributed by atoms with van der Waals surface area (Å²) >= 11 is 0. The largest absolute Gasteiger partial charge is 0.378 e. The van der Waals surface area contributed by atoms with E-state index in [-0.39, 0.29) is 17.4 Å². The van der Waals surface area contributed by atoms with Crippen LogP contribution >= 0.6 is 0 Å². The van der Waals surface area contributed by atoms with Crippen molar-refractivity contribution in [1.29, 1.82) is 0 Å². The number of ether oxygens (including phenoxy) is 2. The molecule has 1 aromatic rings. The van der Waals surface area contributed by atoms with Gasteiger partial charge >= 0.3 is 0 Å². The summed E-state index contributed by atoms with van der Waals surface area (Å²) in [5.74, 6) is 0.856. The van der Waals surface area contributed by atoms with Gasteiger partial charge in [-0.1, -0.05) is 6.07 Å². The number of pyridine rings is 1. The number of hydrogen-bond donors (Lipinski definition) is 0. The molecule has 3 aliphatic rings. The molecule has 2 saturated heterocycles. The van der Waals surface area contributed by atoms with Gasteiger partial charge in [0.1, 0.15) is 5.69 Å². The molecule has 0 N–H and O–H groups in total. The molecule has 24 heavy (non-hydrogen) atoms. The summed E-state index contributed by atoms with van der Waals surface area (Å²) in [5, 5.41) is 0. The molecule has 1 spiro atoms. The van der Waals surface area contributed by atoms with Gasteiger partial charge in [0.15, 0.2) is 0 Å². The van der Waals surface area contributed by atoms with Gasteiger partial charge in [0.05, 0.1) is 19.3 Å². The Morgan fingerprint density at radius 2 is 2.12 bits per heavy atom. The van der Waals surface area contributed by atoms with Gasteiger partial charge in [0, 0.05) is 25.9 Å². The molecule has 3 fully saturated rings. The number of aromatic nitrogens is 1. The molecule has 1 atom stereocenters. The average molecular weight is 330 g/mol. The maximum absolute atomic E-state index is 12.5. The second-order valence-electron chi connectivity index (χ2n) is 7.63. The molecule has 1 saturated carbocycles. The zero-order valence-corrected chi connectivity index (χ0v) is 14.2. The minimum atomic E-state index is 0.0497. The van der Waals surface area contributed by atoms with Crippen molar-refractivity contribution in [3.05, 3.63) is 30.1 Å². The van der Waals surface area contributed by atoms with Crippen molar-refractivity contribution in [3.63, 3.8) is 0 Å². The van der Waals surface area contributed by atoms with Crippen LogP contribution in [-0.2, 0) is 9.47 Å². The lowest BCUT2D eigenvalue weighted by atomic mass is 9.76.